The third kappa shape index (κ3) is 3.85. The maximum absolute atomic E-state index is 13.2. The number of nitrogens with zero attached hydrogens (tertiary/aromatic N) is 1. The molecule has 0 spiro atoms. The normalized spacial score (nSPS) is 18.8. The molecule has 1 aromatic rings. The number of thioether (sulfide) groups is 1. The maximum Gasteiger partial charge on any atom is 0.430 e. The second kappa shape index (κ2) is 7.12. The third-order valence-corrected chi connectivity index (χ3v) is 5.91. The monoisotopic (exact) mass is 429 g/mol. The lowest BCUT2D eigenvalue weighted by Crippen LogP contribution is -2.54. The van der Waals surface area contributed by atoms with Crippen LogP contribution in [0.5, 0.6) is 0 Å². The summed E-state index contributed by atoms with van der Waals surface area (Å²) in [7, 11) is 0. The molecule has 3 nitrogen and oxygen atoms in total. The summed E-state index contributed by atoms with van der Waals surface area (Å²) in [4.78, 5) is 14.2. The topological polar surface area (TPSA) is 40.5 Å². The van der Waals surface area contributed by atoms with E-state index < -0.39 is 28.9 Å². The molecule has 0 aliphatic carbocycles. The number of rotatable bonds is 2. The molecule has 1 aliphatic heterocycles. The number of carbonyl (C=O) groups is 1. The summed E-state index contributed by atoms with van der Waals surface area (Å²) in [5.74, 6) is -0.290. The summed E-state index contributed by atoms with van der Waals surface area (Å²) in [6, 6.07) is 2.30. The van der Waals surface area contributed by atoms with Crippen molar-refractivity contribution in [3.8, 4) is 0 Å². The highest BCUT2D eigenvalue weighted by Gasteiger charge is 2.71. The molecule has 1 unspecified atom stereocenters. The third-order valence-electron chi connectivity index (χ3n) is 4.51. The van der Waals surface area contributed by atoms with Gasteiger partial charge in [0, 0.05) is 27.7 Å². The Morgan fingerprint density at radius 2 is 1.68 bits per heavy atom. The van der Waals surface area contributed by atoms with E-state index >= 15 is 0 Å². The van der Waals surface area contributed by atoms with Gasteiger partial charge in [-0.1, -0.05) is 33.8 Å². The van der Waals surface area contributed by atoms with Gasteiger partial charge in [-0.05, 0) is 18.6 Å². The Morgan fingerprint density at radius 3 is 2.11 bits per heavy atom. The molecule has 0 radical (unpaired) electrons. The van der Waals surface area contributed by atoms with Crippen LogP contribution in [0, 0.1) is 5.41 Å². The Bertz CT molecular complexity index is 740. The van der Waals surface area contributed by atoms with Crippen LogP contribution < -0.4 is 4.90 Å². The largest absolute Gasteiger partial charge is 0.430 e. The van der Waals surface area contributed by atoms with Gasteiger partial charge in [-0.2, -0.15) is 26.3 Å². The average molecular weight is 429 g/mol. The predicted octanol–water partition coefficient (Wildman–Crippen LogP) is 5.26. The number of hydrogen-bond acceptors (Lipinski definition) is 3. The van der Waals surface area contributed by atoms with Gasteiger partial charge in [0.15, 0.2) is 0 Å². The van der Waals surface area contributed by atoms with Crippen molar-refractivity contribution in [3.63, 3.8) is 0 Å². The highest BCUT2D eigenvalue weighted by Crippen LogP contribution is 2.52. The van der Waals surface area contributed by atoms with Gasteiger partial charge in [-0.15, -0.1) is 11.8 Å². The van der Waals surface area contributed by atoms with Crippen LogP contribution >= 0.6 is 11.8 Å². The van der Waals surface area contributed by atoms with Crippen LogP contribution in [-0.4, -0.2) is 35.2 Å². The average Bonchev–Trinajstić information content (AvgIpc) is 2.55. The van der Waals surface area contributed by atoms with Gasteiger partial charge in [0.05, 0.1) is 5.69 Å². The Balaban J connectivity index is 2.63. The van der Waals surface area contributed by atoms with Gasteiger partial charge in [0.2, 0.25) is 5.91 Å². The van der Waals surface area contributed by atoms with Gasteiger partial charge in [0.1, 0.15) is 0 Å². The number of amides is 1. The van der Waals surface area contributed by atoms with Crippen molar-refractivity contribution in [2.45, 2.75) is 62.2 Å². The van der Waals surface area contributed by atoms with E-state index in [1.54, 1.807) is 20.8 Å². The Morgan fingerprint density at radius 1 is 1.14 bits per heavy atom. The van der Waals surface area contributed by atoms with E-state index in [2.05, 4.69) is 0 Å². The van der Waals surface area contributed by atoms with E-state index in [1.807, 2.05) is 6.92 Å². The summed E-state index contributed by atoms with van der Waals surface area (Å²) >= 11 is 1.10. The van der Waals surface area contributed by atoms with E-state index in [9.17, 15) is 36.2 Å². The standard InChI is InChI=1S/C18H21F6NO2S/c1-5-11-9-25(14(26)15(2,3)4)12-7-6-10(8-13(12)28-11)16(27,17(19,20)21)18(22,23)24/h6-8,11,27H,5,9H2,1-4H3. The smallest absolute Gasteiger partial charge is 0.369 e. The molecule has 158 valence electrons. The summed E-state index contributed by atoms with van der Waals surface area (Å²) in [6.45, 7) is 7.15. The van der Waals surface area contributed by atoms with Crippen molar-refractivity contribution in [1.29, 1.82) is 0 Å². The summed E-state index contributed by atoms with van der Waals surface area (Å²) in [6.07, 6.45) is -11.3. The molecule has 2 rings (SSSR count). The van der Waals surface area contributed by atoms with E-state index in [0.29, 0.717) is 25.1 Å². The van der Waals surface area contributed by atoms with Gasteiger partial charge in [-0.3, -0.25) is 4.79 Å². The molecule has 10 heteroatoms. The molecule has 1 amide bonds. The Hall–Kier alpha value is -1.42. The van der Waals surface area contributed by atoms with Gasteiger partial charge >= 0.3 is 12.4 Å². The zero-order valence-electron chi connectivity index (χ0n) is 15.7. The molecule has 0 aromatic heterocycles. The van der Waals surface area contributed by atoms with Crippen molar-refractivity contribution >= 4 is 23.4 Å². The molecule has 0 saturated carbocycles. The van der Waals surface area contributed by atoms with Crippen molar-refractivity contribution < 1.29 is 36.2 Å². The van der Waals surface area contributed by atoms with Crippen LogP contribution in [-0.2, 0) is 10.4 Å². The summed E-state index contributed by atoms with van der Waals surface area (Å²) in [5.41, 5.74) is -6.86. The number of alkyl halides is 6. The minimum absolute atomic E-state index is 0.0973. The van der Waals surface area contributed by atoms with Crippen molar-refractivity contribution in [1.82, 2.24) is 0 Å². The first-order valence-electron chi connectivity index (χ1n) is 8.53. The first-order chi connectivity index (χ1) is 12.5. The second-order valence-corrected chi connectivity index (χ2v) is 9.04. The maximum atomic E-state index is 13.2. The van der Waals surface area contributed by atoms with Crippen LogP contribution in [0.2, 0.25) is 0 Å². The molecular weight excluding hydrogens is 408 g/mol. The fourth-order valence-corrected chi connectivity index (χ4v) is 4.12. The van der Waals surface area contributed by atoms with E-state index in [0.717, 1.165) is 17.8 Å². The fourth-order valence-electron chi connectivity index (χ4n) is 2.87. The fraction of sp³-hybridized carbons (Fsp3) is 0.611. The summed E-state index contributed by atoms with van der Waals surface area (Å²) in [5, 5.41) is 9.45. The number of fused-ring (bicyclic) bond motifs is 1. The zero-order valence-corrected chi connectivity index (χ0v) is 16.5. The highest BCUT2D eigenvalue weighted by atomic mass is 32.2. The zero-order chi connectivity index (χ0) is 21.7. The minimum atomic E-state index is -5.95. The molecule has 1 heterocycles. The second-order valence-electron chi connectivity index (χ2n) is 7.70. The molecule has 28 heavy (non-hydrogen) atoms. The summed E-state index contributed by atoms with van der Waals surface area (Å²) < 4.78 is 79.1. The van der Waals surface area contributed by atoms with Crippen LogP contribution in [0.25, 0.3) is 0 Å². The molecule has 1 atom stereocenters. The van der Waals surface area contributed by atoms with Crippen molar-refractivity contribution in [3.05, 3.63) is 23.8 Å². The first-order valence-corrected chi connectivity index (χ1v) is 9.41. The number of anilines is 1. The van der Waals surface area contributed by atoms with Gasteiger partial charge in [0.25, 0.3) is 5.60 Å². The molecule has 1 aliphatic rings. The van der Waals surface area contributed by atoms with E-state index in [4.69, 9.17) is 0 Å². The minimum Gasteiger partial charge on any atom is -0.369 e. The number of carbonyl (C=O) groups excluding carboxylic acids is 1. The molecule has 0 saturated heterocycles. The molecule has 1 N–H and O–H groups in total. The Kier molecular flexibility index (Phi) is 5.82. The van der Waals surface area contributed by atoms with Gasteiger partial charge in [-0.25, -0.2) is 0 Å². The van der Waals surface area contributed by atoms with Crippen LogP contribution in [0.1, 0.15) is 39.7 Å². The number of benzene rings is 1. The molecule has 1 aromatic carbocycles. The Labute approximate surface area is 163 Å². The van der Waals surface area contributed by atoms with Crippen molar-refractivity contribution in [2.75, 3.05) is 11.4 Å². The lowest BCUT2D eigenvalue weighted by atomic mass is 9.91. The van der Waals surface area contributed by atoms with E-state index in [-0.39, 0.29) is 21.7 Å². The lowest BCUT2D eigenvalue weighted by Gasteiger charge is -2.38. The van der Waals surface area contributed by atoms with Crippen LogP contribution in [0.3, 0.4) is 0 Å². The SMILES string of the molecule is CCC1CN(C(=O)C(C)(C)C)c2ccc(C(O)(C(F)(F)F)C(F)(F)F)cc2S1. The van der Waals surface area contributed by atoms with Crippen LogP contribution in [0.15, 0.2) is 23.1 Å². The lowest BCUT2D eigenvalue weighted by molar-refractivity contribution is -0.376. The number of hydrogen-bond donors (Lipinski definition) is 1. The molecular formula is C18H21F6NO2S. The van der Waals surface area contributed by atoms with Crippen LogP contribution in [0.4, 0.5) is 32.0 Å². The highest BCUT2D eigenvalue weighted by molar-refractivity contribution is 8.00. The predicted molar refractivity (Wildman–Crippen MR) is 94.2 cm³/mol. The van der Waals surface area contributed by atoms with Crippen molar-refractivity contribution in [2.24, 2.45) is 5.41 Å². The first kappa shape index (κ1) is 22.9. The van der Waals surface area contributed by atoms with Gasteiger partial charge < -0.3 is 10.0 Å². The molecule has 0 bridgehead atoms. The molecule has 0 fully saturated rings. The number of halogens is 6. The van der Waals surface area contributed by atoms with E-state index in [1.165, 1.54) is 4.90 Å². The number of aliphatic hydroxyl groups is 1. The quantitative estimate of drug-likeness (QED) is 0.652.